The number of nitrogens with two attached hydrogens (primary N) is 1. The normalized spacial score (nSPS) is 21.8. The zero-order chi connectivity index (χ0) is 14.2. The van der Waals surface area contributed by atoms with Gasteiger partial charge in [0.1, 0.15) is 0 Å². The van der Waals surface area contributed by atoms with Crippen LogP contribution in [0.2, 0.25) is 0 Å². The summed E-state index contributed by atoms with van der Waals surface area (Å²) >= 11 is 0. The van der Waals surface area contributed by atoms with Gasteiger partial charge in [-0.25, -0.2) is 0 Å². The standard InChI is InChI=1S/C15H28N2O3.ClH/c16-14(12-6-10-19-11-7-12)15(18)17-8-3-9-20-13-4-1-2-5-13;/h12-14H,1-11,16H2,(H,17,18);1H. The average Bonchev–Trinajstić information content (AvgIpc) is 3.00. The maximum absolute atomic E-state index is 11.9. The predicted molar refractivity (Wildman–Crippen MR) is 84.6 cm³/mol. The summed E-state index contributed by atoms with van der Waals surface area (Å²) in [7, 11) is 0. The smallest absolute Gasteiger partial charge is 0.237 e. The molecule has 1 aliphatic carbocycles. The second-order valence-electron chi connectivity index (χ2n) is 5.90. The van der Waals surface area contributed by atoms with Crippen LogP contribution >= 0.6 is 12.4 Å². The van der Waals surface area contributed by atoms with E-state index in [1.807, 2.05) is 0 Å². The van der Waals surface area contributed by atoms with Gasteiger partial charge in [-0.3, -0.25) is 4.79 Å². The number of hydrogen-bond acceptors (Lipinski definition) is 4. The molecule has 1 atom stereocenters. The Hall–Kier alpha value is -0.360. The first-order chi connectivity index (χ1) is 9.77. The summed E-state index contributed by atoms with van der Waals surface area (Å²) in [5, 5.41) is 2.92. The highest BCUT2D eigenvalue weighted by Crippen LogP contribution is 2.21. The van der Waals surface area contributed by atoms with Gasteiger partial charge in [-0.1, -0.05) is 12.8 Å². The lowest BCUT2D eigenvalue weighted by atomic mass is 9.92. The molecule has 1 heterocycles. The quantitative estimate of drug-likeness (QED) is 0.699. The van der Waals surface area contributed by atoms with Crippen molar-refractivity contribution in [3.63, 3.8) is 0 Å². The van der Waals surface area contributed by atoms with Crippen molar-refractivity contribution >= 4 is 18.3 Å². The molecule has 2 aliphatic rings. The number of nitrogens with one attached hydrogen (secondary N) is 1. The average molecular weight is 321 g/mol. The number of amides is 1. The van der Waals surface area contributed by atoms with Crippen LogP contribution in [0.1, 0.15) is 44.9 Å². The van der Waals surface area contributed by atoms with Crippen LogP contribution in [0.3, 0.4) is 0 Å². The van der Waals surface area contributed by atoms with Crippen molar-refractivity contribution < 1.29 is 14.3 Å². The summed E-state index contributed by atoms with van der Waals surface area (Å²) in [5.74, 6) is 0.233. The van der Waals surface area contributed by atoms with Crippen LogP contribution in [0.25, 0.3) is 0 Å². The minimum Gasteiger partial charge on any atom is -0.381 e. The van der Waals surface area contributed by atoms with Crippen LogP contribution < -0.4 is 11.1 Å². The lowest BCUT2D eigenvalue weighted by Crippen LogP contribution is -2.47. The second-order valence-corrected chi connectivity index (χ2v) is 5.90. The van der Waals surface area contributed by atoms with E-state index < -0.39 is 6.04 Å². The molecule has 1 amide bonds. The summed E-state index contributed by atoms with van der Waals surface area (Å²) < 4.78 is 11.1. The molecule has 1 saturated heterocycles. The van der Waals surface area contributed by atoms with Gasteiger partial charge in [-0.15, -0.1) is 12.4 Å². The molecule has 0 radical (unpaired) electrons. The summed E-state index contributed by atoms with van der Waals surface area (Å²) in [6.07, 6.45) is 8.07. The molecule has 0 aromatic carbocycles. The summed E-state index contributed by atoms with van der Waals surface area (Å²) in [6, 6.07) is -0.394. The lowest BCUT2D eigenvalue weighted by molar-refractivity contribution is -0.124. The minimum atomic E-state index is -0.394. The zero-order valence-electron chi connectivity index (χ0n) is 12.7. The van der Waals surface area contributed by atoms with Crippen LogP contribution in [0, 0.1) is 5.92 Å². The van der Waals surface area contributed by atoms with Crippen LogP contribution in [0.4, 0.5) is 0 Å². The highest BCUT2D eigenvalue weighted by molar-refractivity contribution is 5.85. The highest BCUT2D eigenvalue weighted by Gasteiger charge is 2.26. The fourth-order valence-corrected chi connectivity index (χ4v) is 3.00. The Morgan fingerprint density at radius 2 is 1.90 bits per heavy atom. The molecule has 1 aliphatic heterocycles. The third-order valence-electron chi connectivity index (χ3n) is 4.35. The Morgan fingerprint density at radius 1 is 1.24 bits per heavy atom. The van der Waals surface area contributed by atoms with Crippen molar-refractivity contribution in [2.45, 2.75) is 57.1 Å². The van der Waals surface area contributed by atoms with Gasteiger partial charge in [0.25, 0.3) is 0 Å². The number of ether oxygens (including phenoxy) is 2. The van der Waals surface area contributed by atoms with E-state index >= 15 is 0 Å². The molecule has 1 saturated carbocycles. The second kappa shape index (κ2) is 10.4. The summed E-state index contributed by atoms with van der Waals surface area (Å²) in [6.45, 7) is 2.83. The lowest BCUT2D eigenvalue weighted by Gasteiger charge is -2.26. The maximum Gasteiger partial charge on any atom is 0.237 e. The van der Waals surface area contributed by atoms with E-state index in [9.17, 15) is 4.79 Å². The Balaban J connectivity index is 0.00000220. The maximum atomic E-state index is 11.9. The van der Waals surface area contributed by atoms with E-state index in [4.69, 9.17) is 15.2 Å². The van der Waals surface area contributed by atoms with Crippen LogP contribution in [-0.4, -0.2) is 44.4 Å². The van der Waals surface area contributed by atoms with Crippen molar-refractivity contribution in [1.29, 1.82) is 0 Å². The number of halogens is 1. The van der Waals surface area contributed by atoms with E-state index in [0.717, 1.165) is 39.1 Å². The Bertz CT molecular complexity index is 293. The number of hydrogen-bond donors (Lipinski definition) is 2. The summed E-state index contributed by atoms with van der Waals surface area (Å²) in [4.78, 5) is 11.9. The first-order valence-corrected chi connectivity index (χ1v) is 8.00. The molecule has 2 fully saturated rings. The highest BCUT2D eigenvalue weighted by atomic mass is 35.5. The van der Waals surface area contributed by atoms with E-state index in [2.05, 4.69) is 5.32 Å². The third-order valence-corrected chi connectivity index (χ3v) is 4.35. The molecule has 0 spiro atoms. The van der Waals surface area contributed by atoms with Gasteiger partial charge < -0.3 is 20.5 Å². The molecule has 0 bridgehead atoms. The molecular formula is C15H29ClN2O3. The number of carbonyl (C=O) groups is 1. The van der Waals surface area contributed by atoms with Crippen molar-refractivity contribution in [2.75, 3.05) is 26.4 Å². The molecule has 0 aromatic heterocycles. The third kappa shape index (κ3) is 6.51. The fourth-order valence-electron chi connectivity index (χ4n) is 3.00. The van der Waals surface area contributed by atoms with E-state index in [-0.39, 0.29) is 24.2 Å². The molecule has 2 rings (SSSR count). The first kappa shape index (κ1) is 18.7. The van der Waals surface area contributed by atoms with Gasteiger partial charge in [-0.05, 0) is 38.0 Å². The Kier molecular flexibility index (Phi) is 9.24. The van der Waals surface area contributed by atoms with E-state index in [1.54, 1.807) is 0 Å². The van der Waals surface area contributed by atoms with Gasteiger partial charge in [0.15, 0.2) is 0 Å². The van der Waals surface area contributed by atoms with Crippen molar-refractivity contribution in [1.82, 2.24) is 5.32 Å². The predicted octanol–water partition coefficient (Wildman–Crippen LogP) is 1.63. The Morgan fingerprint density at radius 3 is 2.57 bits per heavy atom. The molecule has 124 valence electrons. The fraction of sp³-hybridized carbons (Fsp3) is 0.933. The zero-order valence-corrected chi connectivity index (χ0v) is 13.5. The van der Waals surface area contributed by atoms with Crippen molar-refractivity contribution in [3.8, 4) is 0 Å². The van der Waals surface area contributed by atoms with Gasteiger partial charge in [0.2, 0.25) is 5.91 Å². The number of rotatable bonds is 7. The monoisotopic (exact) mass is 320 g/mol. The largest absolute Gasteiger partial charge is 0.381 e. The van der Waals surface area contributed by atoms with E-state index in [1.165, 1.54) is 25.7 Å². The molecule has 1 unspecified atom stereocenters. The SMILES string of the molecule is Cl.NC(C(=O)NCCCOC1CCCC1)C1CCOCC1. The molecule has 0 aromatic rings. The number of carbonyl (C=O) groups excluding carboxylic acids is 1. The molecule has 3 N–H and O–H groups in total. The topological polar surface area (TPSA) is 73.6 Å². The van der Waals surface area contributed by atoms with Gasteiger partial charge in [0.05, 0.1) is 12.1 Å². The van der Waals surface area contributed by atoms with Crippen LogP contribution in [-0.2, 0) is 14.3 Å². The van der Waals surface area contributed by atoms with Gasteiger partial charge in [0, 0.05) is 26.4 Å². The molecule has 5 nitrogen and oxygen atoms in total. The molecule has 21 heavy (non-hydrogen) atoms. The van der Waals surface area contributed by atoms with Gasteiger partial charge in [-0.2, -0.15) is 0 Å². The van der Waals surface area contributed by atoms with Crippen molar-refractivity contribution in [2.24, 2.45) is 11.7 Å². The van der Waals surface area contributed by atoms with Crippen LogP contribution in [0.5, 0.6) is 0 Å². The summed E-state index contributed by atoms with van der Waals surface area (Å²) in [5.41, 5.74) is 6.01. The molecular weight excluding hydrogens is 292 g/mol. The van der Waals surface area contributed by atoms with Crippen molar-refractivity contribution in [3.05, 3.63) is 0 Å². The first-order valence-electron chi connectivity index (χ1n) is 8.00. The minimum absolute atomic E-state index is 0. The van der Waals surface area contributed by atoms with E-state index in [0.29, 0.717) is 12.6 Å². The van der Waals surface area contributed by atoms with Gasteiger partial charge >= 0.3 is 0 Å². The molecule has 6 heteroatoms. The van der Waals surface area contributed by atoms with Crippen LogP contribution in [0.15, 0.2) is 0 Å². The Labute approximate surface area is 133 Å².